The highest BCUT2D eigenvalue weighted by Gasteiger charge is 2.05. The van der Waals surface area contributed by atoms with Crippen molar-refractivity contribution < 1.29 is 5.11 Å². The van der Waals surface area contributed by atoms with Crippen molar-refractivity contribution in [1.29, 1.82) is 0 Å². The molecule has 1 aromatic carbocycles. The number of aromatic nitrogens is 3. The first kappa shape index (κ1) is 14.7. The Kier molecular flexibility index (Phi) is 4.50. The molecule has 0 fully saturated rings. The Morgan fingerprint density at radius 3 is 2.82 bits per heavy atom. The van der Waals surface area contributed by atoms with Crippen molar-refractivity contribution in [3.63, 3.8) is 0 Å². The minimum Gasteiger partial charge on any atom is -0.394 e. The van der Waals surface area contributed by atoms with Crippen LogP contribution in [0.5, 0.6) is 0 Å². The van der Waals surface area contributed by atoms with Crippen molar-refractivity contribution in [2.45, 2.75) is 20.0 Å². The Morgan fingerprint density at radius 2 is 2.05 bits per heavy atom. The predicted octanol–water partition coefficient (Wildman–Crippen LogP) is 2.92. The molecule has 114 valence electrons. The van der Waals surface area contributed by atoms with Crippen LogP contribution < -0.4 is 5.32 Å². The Balaban J connectivity index is 1.62. The zero-order chi connectivity index (χ0) is 15.4. The number of hydrogen-bond donors (Lipinski definition) is 2. The molecule has 0 saturated carbocycles. The van der Waals surface area contributed by atoms with E-state index in [1.807, 2.05) is 12.4 Å². The van der Waals surface area contributed by atoms with Gasteiger partial charge in [0.25, 0.3) is 0 Å². The zero-order valence-electron chi connectivity index (χ0n) is 12.4. The number of hydrogen-bond acceptors (Lipinski definition) is 5. The molecule has 2 aromatic heterocycles. The van der Waals surface area contributed by atoms with Crippen LogP contribution in [-0.4, -0.2) is 26.5 Å². The van der Waals surface area contributed by atoms with Crippen molar-refractivity contribution in [1.82, 2.24) is 14.8 Å². The summed E-state index contributed by atoms with van der Waals surface area (Å²) in [6, 6.07) is 8.41. The number of nitrogens with zero attached hydrogens (tertiary/aromatic N) is 3. The minimum atomic E-state index is 0.0931. The van der Waals surface area contributed by atoms with E-state index in [9.17, 15) is 0 Å². The summed E-state index contributed by atoms with van der Waals surface area (Å²) < 4.78 is 1.72. The Labute approximate surface area is 133 Å². The smallest absolute Gasteiger partial charge is 0.123 e. The summed E-state index contributed by atoms with van der Waals surface area (Å²) in [6.45, 7) is 3.40. The lowest BCUT2D eigenvalue weighted by Gasteiger charge is -2.00. The highest BCUT2D eigenvalue weighted by molar-refractivity contribution is 7.15. The average molecular weight is 314 g/mol. The first-order valence-corrected chi connectivity index (χ1v) is 7.95. The SMILES string of the molecule is Cc1ccc(-c2ncc(CNc3cnn(CCO)c3)s2)cc1. The van der Waals surface area contributed by atoms with Crippen molar-refractivity contribution in [2.24, 2.45) is 0 Å². The molecular formula is C16H18N4OS. The maximum absolute atomic E-state index is 8.88. The highest BCUT2D eigenvalue weighted by atomic mass is 32.1. The normalized spacial score (nSPS) is 10.8. The molecule has 0 atom stereocenters. The van der Waals surface area contributed by atoms with E-state index < -0.39 is 0 Å². The summed E-state index contributed by atoms with van der Waals surface area (Å²) in [4.78, 5) is 5.66. The molecule has 2 heterocycles. The largest absolute Gasteiger partial charge is 0.394 e. The van der Waals surface area contributed by atoms with Gasteiger partial charge in [0.05, 0.1) is 31.6 Å². The quantitative estimate of drug-likeness (QED) is 0.734. The van der Waals surface area contributed by atoms with E-state index in [1.165, 1.54) is 10.4 Å². The molecule has 0 aliphatic carbocycles. The van der Waals surface area contributed by atoms with E-state index in [-0.39, 0.29) is 6.61 Å². The number of aryl methyl sites for hydroxylation is 1. The molecule has 3 aromatic rings. The van der Waals surface area contributed by atoms with Crippen LogP contribution in [0.15, 0.2) is 42.9 Å². The van der Waals surface area contributed by atoms with Crippen molar-refractivity contribution in [3.8, 4) is 10.6 Å². The van der Waals surface area contributed by atoms with Gasteiger partial charge < -0.3 is 10.4 Å². The second-order valence-corrected chi connectivity index (χ2v) is 6.18. The summed E-state index contributed by atoms with van der Waals surface area (Å²) in [5, 5.41) is 17.4. The van der Waals surface area contributed by atoms with Gasteiger partial charge in [0.1, 0.15) is 5.01 Å². The van der Waals surface area contributed by atoms with Gasteiger partial charge in [-0.25, -0.2) is 4.98 Å². The molecule has 5 nitrogen and oxygen atoms in total. The second-order valence-electron chi connectivity index (χ2n) is 5.07. The third-order valence-electron chi connectivity index (χ3n) is 3.28. The molecule has 0 aliphatic heterocycles. The molecule has 0 spiro atoms. The number of rotatable bonds is 6. The fourth-order valence-corrected chi connectivity index (χ4v) is 2.95. The monoisotopic (exact) mass is 314 g/mol. The molecule has 0 unspecified atom stereocenters. The highest BCUT2D eigenvalue weighted by Crippen LogP contribution is 2.25. The van der Waals surface area contributed by atoms with E-state index in [1.54, 1.807) is 22.2 Å². The molecule has 0 amide bonds. The lowest BCUT2D eigenvalue weighted by molar-refractivity contribution is 0.269. The second kappa shape index (κ2) is 6.72. The van der Waals surface area contributed by atoms with Gasteiger partial charge in [-0.05, 0) is 6.92 Å². The lowest BCUT2D eigenvalue weighted by Crippen LogP contribution is -2.01. The van der Waals surface area contributed by atoms with Crippen LogP contribution in [-0.2, 0) is 13.1 Å². The van der Waals surface area contributed by atoms with Gasteiger partial charge in [-0.15, -0.1) is 11.3 Å². The standard InChI is InChI=1S/C16H18N4OS/c1-12-2-4-13(5-3-12)16-18-10-15(22-16)9-17-14-8-19-20(11-14)6-7-21/h2-5,8,10-11,17,21H,6-7,9H2,1H3. The molecule has 0 bridgehead atoms. The first-order valence-electron chi connectivity index (χ1n) is 7.13. The van der Waals surface area contributed by atoms with Crippen LogP contribution in [0.3, 0.4) is 0 Å². The van der Waals surface area contributed by atoms with Crippen LogP contribution in [0.4, 0.5) is 5.69 Å². The predicted molar refractivity (Wildman–Crippen MR) is 88.9 cm³/mol. The number of aliphatic hydroxyl groups excluding tert-OH is 1. The summed E-state index contributed by atoms with van der Waals surface area (Å²) in [6.07, 6.45) is 5.56. The zero-order valence-corrected chi connectivity index (χ0v) is 13.2. The summed E-state index contributed by atoms with van der Waals surface area (Å²) >= 11 is 1.69. The summed E-state index contributed by atoms with van der Waals surface area (Å²) in [7, 11) is 0. The number of aliphatic hydroxyl groups is 1. The molecule has 0 aliphatic rings. The van der Waals surface area contributed by atoms with Gasteiger partial charge in [0.15, 0.2) is 0 Å². The summed E-state index contributed by atoms with van der Waals surface area (Å²) in [5.41, 5.74) is 3.35. The fraction of sp³-hybridized carbons (Fsp3) is 0.250. The molecule has 22 heavy (non-hydrogen) atoms. The third kappa shape index (κ3) is 3.52. The van der Waals surface area contributed by atoms with Gasteiger partial charge in [-0.2, -0.15) is 5.10 Å². The first-order chi connectivity index (χ1) is 10.7. The van der Waals surface area contributed by atoms with Crippen LogP contribution in [0, 0.1) is 6.92 Å². The topological polar surface area (TPSA) is 63.0 Å². The molecule has 3 rings (SSSR count). The van der Waals surface area contributed by atoms with Crippen molar-refractivity contribution in [2.75, 3.05) is 11.9 Å². The Morgan fingerprint density at radius 1 is 1.23 bits per heavy atom. The number of benzene rings is 1. The van der Waals surface area contributed by atoms with E-state index >= 15 is 0 Å². The Hall–Kier alpha value is -2.18. The van der Waals surface area contributed by atoms with Gasteiger partial charge in [-0.1, -0.05) is 29.8 Å². The van der Waals surface area contributed by atoms with Gasteiger partial charge >= 0.3 is 0 Å². The maximum atomic E-state index is 8.88. The summed E-state index contributed by atoms with van der Waals surface area (Å²) in [5.74, 6) is 0. The fourth-order valence-electron chi connectivity index (χ4n) is 2.09. The van der Waals surface area contributed by atoms with Crippen molar-refractivity contribution in [3.05, 3.63) is 53.3 Å². The molecular weight excluding hydrogens is 296 g/mol. The van der Waals surface area contributed by atoms with Crippen LogP contribution in [0.25, 0.3) is 10.6 Å². The minimum absolute atomic E-state index is 0.0931. The Bertz CT molecular complexity index is 733. The number of thiazole rings is 1. The van der Waals surface area contributed by atoms with E-state index in [2.05, 4.69) is 46.6 Å². The lowest BCUT2D eigenvalue weighted by atomic mass is 10.2. The third-order valence-corrected chi connectivity index (χ3v) is 4.33. The van der Waals surface area contributed by atoms with E-state index in [4.69, 9.17) is 5.11 Å². The molecule has 0 radical (unpaired) electrons. The number of anilines is 1. The van der Waals surface area contributed by atoms with Gasteiger partial charge in [0.2, 0.25) is 0 Å². The van der Waals surface area contributed by atoms with Gasteiger partial charge in [0, 0.05) is 22.8 Å². The van der Waals surface area contributed by atoms with E-state index in [0.717, 1.165) is 16.3 Å². The van der Waals surface area contributed by atoms with Gasteiger partial charge in [-0.3, -0.25) is 4.68 Å². The molecule has 6 heteroatoms. The molecule has 2 N–H and O–H groups in total. The average Bonchev–Trinajstić information content (AvgIpc) is 3.16. The van der Waals surface area contributed by atoms with Crippen LogP contribution in [0.2, 0.25) is 0 Å². The molecule has 0 saturated heterocycles. The van der Waals surface area contributed by atoms with E-state index in [0.29, 0.717) is 13.1 Å². The van der Waals surface area contributed by atoms with Crippen molar-refractivity contribution >= 4 is 17.0 Å². The number of nitrogens with one attached hydrogen (secondary N) is 1. The van der Waals surface area contributed by atoms with Crippen LogP contribution in [0.1, 0.15) is 10.4 Å². The van der Waals surface area contributed by atoms with Crippen LogP contribution >= 0.6 is 11.3 Å². The maximum Gasteiger partial charge on any atom is 0.123 e.